The maximum atomic E-state index is 10.4. The molecular weight excluding hydrogens is 176 g/mol. The summed E-state index contributed by atoms with van der Waals surface area (Å²) in [5.74, 6) is 0. The molecule has 0 spiro atoms. The number of carbonyl (C=O) groups is 1. The number of nitrogens with zero attached hydrogens (tertiary/aromatic N) is 1. The third-order valence-electron chi connectivity index (χ3n) is 1.64. The zero-order valence-corrected chi connectivity index (χ0v) is 6.80. The second kappa shape index (κ2) is 2.60. The van der Waals surface area contributed by atoms with E-state index in [1.54, 1.807) is 18.5 Å². The number of halogens is 1. The third kappa shape index (κ3) is 0.987. The molecule has 2 aromatic heterocycles. The normalized spacial score (nSPS) is 10.4. The van der Waals surface area contributed by atoms with Crippen molar-refractivity contribution in [3.63, 3.8) is 0 Å². The van der Waals surface area contributed by atoms with E-state index < -0.39 is 0 Å². The highest BCUT2D eigenvalue weighted by Gasteiger charge is 2.02. The Morgan fingerprint density at radius 2 is 2.33 bits per heavy atom. The molecule has 2 aromatic rings. The fraction of sp³-hybridized carbons (Fsp3) is 0. The summed E-state index contributed by atoms with van der Waals surface area (Å²) in [5, 5.41) is 1.38. The van der Waals surface area contributed by atoms with Crippen LogP contribution in [0.25, 0.3) is 10.9 Å². The van der Waals surface area contributed by atoms with Crippen LogP contribution in [0.3, 0.4) is 0 Å². The minimum atomic E-state index is 0.514. The topological polar surface area (TPSA) is 45.8 Å². The minimum Gasteiger partial charge on any atom is -0.351 e. The highest BCUT2D eigenvalue weighted by atomic mass is 35.5. The Hall–Kier alpha value is -1.35. The van der Waals surface area contributed by atoms with E-state index in [-0.39, 0.29) is 0 Å². The molecule has 0 radical (unpaired) electrons. The van der Waals surface area contributed by atoms with E-state index in [1.807, 2.05) is 0 Å². The average molecular weight is 181 g/mol. The van der Waals surface area contributed by atoms with Gasteiger partial charge in [0.15, 0.2) is 6.29 Å². The molecular formula is C8H5ClN2O. The Kier molecular flexibility index (Phi) is 1.59. The van der Waals surface area contributed by atoms with Crippen molar-refractivity contribution >= 4 is 28.8 Å². The molecule has 60 valence electrons. The first kappa shape index (κ1) is 7.31. The van der Waals surface area contributed by atoms with Crippen LogP contribution in [0.2, 0.25) is 5.02 Å². The fourth-order valence-corrected chi connectivity index (χ4v) is 1.31. The lowest BCUT2D eigenvalue weighted by molar-refractivity contribution is 0.112. The van der Waals surface area contributed by atoms with Crippen molar-refractivity contribution in [3.05, 3.63) is 29.2 Å². The van der Waals surface area contributed by atoms with E-state index in [2.05, 4.69) is 9.97 Å². The van der Waals surface area contributed by atoms with Gasteiger partial charge in [-0.15, -0.1) is 0 Å². The predicted octanol–water partition coefficient (Wildman–Crippen LogP) is 2.03. The summed E-state index contributed by atoms with van der Waals surface area (Å²) < 4.78 is 0. The number of hydrogen-bond donors (Lipinski definition) is 1. The summed E-state index contributed by atoms with van der Waals surface area (Å²) in [4.78, 5) is 17.1. The number of rotatable bonds is 1. The molecule has 0 aliphatic rings. The molecule has 2 heterocycles. The van der Waals surface area contributed by atoms with Crippen molar-refractivity contribution in [2.24, 2.45) is 0 Å². The minimum absolute atomic E-state index is 0.514. The van der Waals surface area contributed by atoms with Crippen LogP contribution in [-0.2, 0) is 0 Å². The molecule has 0 amide bonds. The summed E-state index contributed by atoms with van der Waals surface area (Å²) in [7, 11) is 0. The Balaban J connectivity index is 2.82. The third-order valence-corrected chi connectivity index (χ3v) is 1.95. The van der Waals surface area contributed by atoms with Gasteiger partial charge < -0.3 is 4.98 Å². The molecule has 0 atom stereocenters. The molecule has 0 saturated carbocycles. The van der Waals surface area contributed by atoms with Crippen molar-refractivity contribution in [1.29, 1.82) is 0 Å². The summed E-state index contributed by atoms with van der Waals surface area (Å²) in [6.07, 6.45) is 3.93. The lowest BCUT2D eigenvalue weighted by Crippen LogP contribution is -1.75. The smallest absolute Gasteiger partial charge is 0.166 e. The fourth-order valence-electron chi connectivity index (χ4n) is 1.10. The van der Waals surface area contributed by atoms with Gasteiger partial charge in [-0.2, -0.15) is 0 Å². The van der Waals surface area contributed by atoms with Crippen LogP contribution in [0.15, 0.2) is 18.5 Å². The quantitative estimate of drug-likeness (QED) is 0.683. The molecule has 0 saturated heterocycles. The number of aromatic amines is 1. The molecule has 12 heavy (non-hydrogen) atoms. The number of aldehydes is 1. The van der Waals surface area contributed by atoms with E-state index in [0.29, 0.717) is 10.7 Å². The van der Waals surface area contributed by atoms with E-state index >= 15 is 0 Å². The molecule has 0 aliphatic carbocycles. The van der Waals surface area contributed by atoms with Crippen LogP contribution >= 0.6 is 11.6 Å². The van der Waals surface area contributed by atoms with Gasteiger partial charge in [-0.25, -0.2) is 0 Å². The summed E-state index contributed by atoms with van der Waals surface area (Å²) in [6.45, 7) is 0. The Labute approximate surface area is 73.4 Å². The van der Waals surface area contributed by atoms with Crippen LogP contribution in [0, 0.1) is 0 Å². The van der Waals surface area contributed by atoms with E-state index in [4.69, 9.17) is 11.6 Å². The summed E-state index contributed by atoms with van der Waals surface area (Å²) in [6, 6.07) is 1.70. The van der Waals surface area contributed by atoms with Crippen LogP contribution in [0.1, 0.15) is 10.5 Å². The van der Waals surface area contributed by atoms with Crippen molar-refractivity contribution < 1.29 is 4.79 Å². The Bertz CT molecular complexity index is 436. The molecule has 0 fully saturated rings. The summed E-state index contributed by atoms with van der Waals surface area (Å²) in [5.41, 5.74) is 1.30. The van der Waals surface area contributed by atoms with Gasteiger partial charge in [-0.3, -0.25) is 9.78 Å². The van der Waals surface area contributed by atoms with E-state index in [1.165, 1.54) is 0 Å². The van der Waals surface area contributed by atoms with Gasteiger partial charge in [-0.1, -0.05) is 11.6 Å². The van der Waals surface area contributed by atoms with Gasteiger partial charge >= 0.3 is 0 Å². The van der Waals surface area contributed by atoms with Crippen molar-refractivity contribution in [2.45, 2.75) is 0 Å². The van der Waals surface area contributed by atoms with Crippen LogP contribution in [0.5, 0.6) is 0 Å². The highest BCUT2D eigenvalue weighted by molar-refractivity contribution is 6.35. The SMILES string of the molecule is O=Cc1cc2c(Cl)cncc2[nH]1. The second-order valence-corrected chi connectivity index (χ2v) is 2.83. The largest absolute Gasteiger partial charge is 0.351 e. The molecule has 3 nitrogen and oxygen atoms in total. The Morgan fingerprint density at radius 1 is 1.50 bits per heavy atom. The number of aromatic nitrogens is 2. The molecule has 0 unspecified atom stereocenters. The predicted molar refractivity (Wildman–Crippen MR) is 46.5 cm³/mol. The average Bonchev–Trinajstić information content (AvgIpc) is 2.49. The van der Waals surface area contributed by atoms with Gasteiger partial charge in [0.05, 0.1) is 22.4 Å². The highest BCUT2D eigenvalue weighted by Crippen LogP contribution is 2.21. The van der Waals surface area contributed by atoms with Gasteiger partial charge in [0, 0.05) is 11.6 Å². The molecule has 0 bridgehead atoms. The first-order valence-electron chi connectivity index (χ1n) is 3.38. The van der Waals surface area contributed by atoms with Gasteiger partial charge in [-0.05, 0) is 6.07 Å². The van der Waals surface area contributed by atoms with Crippen molar-refractivity contribution in [1.82, 2.24) is 9.97 Å². The molecule has 2 rings (SSSR count). The summed E-state index contributed by atoms with van der Waals surface area (Å²) >= 11 is 5.83. The molecule has 0 aromatic carbocycles. The maximum Gasteiger partial charge on any atom is 0.166 e. The van der Waals surface area contributed by atoms with Crippen LogP contribution < -0.4 is 0 Å². The number of hydrogen-bond acceptors (Lipinski definition) is 2. The van der Waals surface area contributed by atoms with Crippen LogP contribution in [0.4, 0.5) is 0 Å². The number of pyridine rings is 1. The van der Waals surface area contributed by atoms with Crippen molar-refractivity contribution in [2.75, 3.05) is 0 Å². The lowest BCUT2D eigenvalue weighted by Gasteiger charge is -1.89. The van der Waals surface area contributed by atoms with Gasteiger partial charge in [0.25, 0.3) is 0 Å². The van der Waals surface area contributed by atoms with Crippen LogP contribution in [-0.4, -0.2) is 16.3 Å². The standard InChI is InChI=1S/C8H5ClN2O/c9-7-2-10-3-8-6(7)1-5(4-12)11-8/h1-4,11H. The molecule has 4 heteroatoms. The van der Waals surface area contributed by atoms with Crippen molar-refractivity contribution in [3.8, 4) is 0 Å². The number of fused-ring (bicyclic) bond motifs is 1. The first-order valence-corrected chi connectivity index (χ1v) is 3.76. The molecule has 1 N–H and O–H groups in total. The number of carbonyl (C=O) groups excluding carboxylic acids is 1. The Morgan fingerprint density at radius 3 is 3.00 bits per heavy atom. The van der Waals surface area contributed by atoms with Gasteiger partial charge in [0.2, 0.25) is 0 Å². The lowest BCUT2D eigenvalue weighted by atomic mass is 10.3. The van der Waals surface area contributed by atoms with E-state index in [0.717, 1.165) is 17.2 Å². The number of H-pyrrole nitrogens is 1. The second-order valence-electron chi connectivity index (χ2n) is 2.43. The number of nitrogens with one attached hydrogen (secondary N) is 1. The monoisotopic (exact) mass is 180 g/mol. The first-order chi connectivity index (χ1) is 5.81. The molecule has 0 aliphatic heterocycles. The van der Waals surface area contributed by atoms with E-state index in [9.17, 15) is 4.79 Å². The maximum absolute atomic E-state index is 10.4. The zero-order chi connectivity index (χ0) is 8.55. The zero-order valence-electron chi connectivity index (χ0n) is 6.04. The van der Waals surface area contributed by atoms with Gasteiger partial charge in [0.1, 0.15) is 0 Å².